The lowest BCUT2D eigenvalue weighted by atomic mass is 10.1. The van der Waals surface area contributed by atoms with Crippen molar-refractivity contribution in [3.05, 3.63) is 38.3 Å². The fraction of sp³-hybridized carbons (Fsp3) is 0.417. The third kappa shape index (κ3) is 4.29. The second kappa shape index (κ2) is 7.20. The third-order valence-corrected chi connectivity index (χ3v) is 3.20. The maximum absolute atomic E-state index is 12.0. The van der Waals surface area contributed by atoms with Crippen LogP contribution in [0.4, 0.5) is 5.69 Å². The molecular formula is C12H15BrN2O4. The van der Waals surface area contributed by atoms with E-state index in [1.54, 1.807) is 6.07 Å². The highest BCUT2D eigenvalue weighted by molar-refractivity contribution is 9.10. The van der Waals surface area contributed by atoms with Crippen LogP contribution in [0, 0.1) is 10.1 Å². The van der Waals surface area contributed by atoms with Gasteiger partial charge in [-0.05, 0) is 25.0 Å². The van der Waals surface area contributed by atoms with Crippen LogP contribution in [0.15, 0.2) is 22.7 Å². The number of hydrogen-bond donors (Lipinski definition) is 2. The highest BCUT2D eigenvalue weighted by atomic mass is 79.9. The molecule has 0 radical (unpaired) electrons. The van der Waals surface area contributed by atoms with Crippen molar-refractivity contribution in [3.8, 4) is 0 Å². The van der Waals surface area contributed by atoms with Gasteiger partial charge >= 0.3 is 0 Å². The molecule has 0 saturated heterocycles. The van der Waals surface area contributed by atoms with Crippen molar-refractivity contribution in [1.82, 2.24) is 5.32 Å². The Hall–Kier alpha value is -1.47. The molecule has 1 atom stereocenters. The molecule has 0 bridgehead atoms. The molecule has 1 aromatic rings. The predicted molar refractivity (Wildman–Crippen MR) is 74.0 cm³/mol. The van der Waals surface area contributed by atoms with Crippen molar-refractivity contribution in [3.63, 3.8) is 0 Å². The van der Waals surface area contributed by atoms with Gasteiger partial charge in [0.15, 0.2) is 0 Å². The smallest absolute Gasteiger partial charge is 0.283 e. The average molecular weight is 331 g/mol. The van der Waals surface area contributed by atoms with E-state index >= 15 is 0 Å². The minimum Gasteiger partial charge on any atom is -0.396 e. The number of halogens is 1. The Morgan fingerprint density at radius 1 is 1.58 bits per heavy atom. The number of amides is 1. The molecule has 0 aliphatic heterocycles. The quantitative estimate of drug-likeness (QED) is 0.618. The number of rotatable bonds is 6. The lowest BCUT2D eigenvalue weighted by Crippen LogP contribution is -2.35. The summed E-state index contributed by atoms with van der Waals surface area (Å²) in [5.41, 5.74) is -0.227. The summed E-state index contributed by atoms with van der Waals surface area (Å²) in [5.74, 6) is -0.500. The van der Waals surface area contributed by atoms with E-state index in [2.05, 4.69) is 21.2 Å². The molecule has 7 heteroatoms. The second-order valence-corrected chi connectivity index (χ2v) is 4.93. The Bertz CT molecular complexity index is 479. The third-order valence-electron chi connectivity index (χ3n) is 2.71. The van der Waals surface area contributed by atoms with E-state index in [9.17, 15) is 14.9 Å². The summed E-state index contributed by atoms with van der Waals surface area (Å²) in [6.45, 7) is 1.83. The zero-order valence-electron chi connectivity index (χ0n) is 10.4. The van der Waals surface area contributed by atoms with Crippen LogP contribution in [-0.4, -0.2) is 28.6 Å². The first-order valence-electron chi connectivity index (χ1n) is 5.85. The van der Waals surface area contributed by atoms with Crippen LogP contribution < -0.4 is 5.32 Å². The van der Waals surface area contributed by atoms with Crippen LogP contribution in [0.25, 0.3) is 0 Å². The van der Waals surface area contributed by atoms with Gasteiger partial charge in [-0.3, -0.25) is 14.9 Å². The summed E-state index contributed by atoms with van der Waals surface area (Å²) >= 11 is 3.13. The van der Waals surface area contributed by atoms with Crippen molar-refractivity contribution in [2.75, 3.05) is 6.61 Å². The van der Waals surface area contributed by atoms with Gasteiger partial charge in [0.2, 0.25) is 0 Å². The normalized spacial score (nSPS) is 11.9. The summed E-state index contributed by atoms with van der Waals surface area (Å²) in [6, 6.07) is 4.08. The monoisotopic (exact) mass is 330 g/mol. The van der Waals surface area contributed by atoms with E-state index < -0.39 is 10.8 Å². The summed E-state index contributed by atoms with van der Waals surface area (Å²) in [5, 5.41) is 22.5. The van der Waals surface area contributed by atoms with Gasteiger partial charge in [0, 0.05) is 23.2 Å². The van der Waals surface area contributed by atoms with E-state index in [0.29, 0.717) is 17.3 Å². The Kier molecular flexibility index (Phi) is 5.91. The molecule has 0 spiro atoms. The minimum absolute atomic E-state index is 0.0181. The van der Waals surface area contributed by atoms with Crippen molar-refractivity contribution < 1.29 is 14.8 Å². The van der Waals surface area contributed by atoms with Gasteiger partial charge in [-0.1, -0.05) is 22.9 Å². The van der Waals surface area contributed by atoms with Gasteiger partial charge in [-0.2, -0.15) is 0 Å². The Labute approximate surface area is 119 Å². The fourth-order valence-electron chi connectivity index (χ4n) is 1.65. The van der Waals surface area contributed by atoms with Crippen LogP contribution in [0.2, 0.25) is 0 Å². The van der Waals surface area contributed by atoms with Crippen LogP contribution in [-0.2, 0) is 0 Å². The molecule has 0 aromatic heterocycles. The van der Waals surface area contributed by atoms with Crippen LogP contribution >= 0.6 is 15.9 Å². The van der Waals surface area contributed by atoms with Gasteiger partial charge in [-0.25, -0.2) is 0 Å². The molecule has 1 amide bonds. The summed E-state index contributed by atoms with van der Waals surface area (Å²) in [4.78, 5) is 22.3. The molecular weight excluding hydrogens is 316 g/mol. The van der Waals surface area contributed by atoms with E-state index in [-0.39, 0.29) is 23.9 Å². The van der Waals surface area contributed by atoms with Gasteiger partial charge in [0.1, 0.15) is 5.56 Å². The number of aliphatic hydroxyl groups excluding tert-OH is 1. The lowest BCUT2D eigenvalue weighted by Gasteiger charge is -2.15. The van der Waals surface area contributed by atoms with E-state index in [1.165, 1.54) is 12.1 Å². The number of nitrogens with zero attached hydrogens (tertiary/aromatic N) is 1. The zero-order chi connectivity index (χ0) is 14.4. The maximum Gasteiger partial charge on any atom is 0.283 e. The number of nitro groups is 1. The topological polar surface area (TPSA) is 92.5 Å². The summed E-state index contributed by atoms with van der Waals surface area (Å²) < 4.78 is 0.540. The first kappa shape index (κ1) is 15.6. The van der Waals surface area contributed by atoms with Gasteiger partial charge in [0.05, 0.1) is 4.92 Å². The molecule has 0 fully saturated rings. The average Bonchev–Trinajstić information content (AvgIpc) is 2.37. The molecule has 0 saturated carbocycles. The standard InChI is InChI=1S/C12H15BrN2O4/c1-2-9(5-6-16)14-12(17)10-4-3-8(13)7-11(10)15(18)19/h3-4,7,9,16H,2,5-6H2,1H3,(H,14,17). The molecule has 1 unspecified atom stereocenters. The van der Waals surface area contributed by atoms with Crippen molar-refractivity contribution >= 4 is 27.5 Å². The van der Waals surface area contributed by atoms with E-state index in [1.807, 2.05) is 6.92 Å². The summed E-state index contributed by atoms with van der Waals surface area (Å²) in [6.07, 6.45) is 1.07. The maximum atomic E-state index is 12.0. The number of aliphatic hydroxyl groups is 1. The number of nitro benzene ring substituents is 1. The van der Waals surface area contributed by atoms with Crippen molar-refractivity contribution in [1.29, 1.82) is 0 Å². The highest BCUT2D eigenvalue weighted by Crippen LogP contribution is 2.23. The number of nitrogens with one attached hydrogen (secondary N) is 1. The zero-order valence-corrected chi connectivity index (χ0v) is 12.0. The highest BCUT2D eigenvalue weighted by Gasteiger charge is 2.22. The second-order valence-electron chi connectivity index (χ2n) is 4.01. The van der Waals surface area contributed by atoms with Crippen molar-refractivity contribution in [2.45, 2.75) is 25.8 Å². The molecule has 1 aromatic carbocycles. The number of carbonyl (C=O) groups is 1. The first-order chi connectivity index (χ1) is 8.99. The Morgan fingerprint density at radius 2 is 2.26 bits per heavy atom. The molecule has 2 N–H and O–H groups in total. The van der Waals surface area contributed by atoms with Crippen LogP contribution in [0.5, 0.6) is 0 Å². The fourth-order valence-corrected chi connectivity index (χ4v) is 1.99. The number of benzene rings is 1. The molecule has 6 nitrogen and oxygen atoms in total. The van der Waals surface area contributed by atoms with E-state index in [4.69, 9.17) is 5.11 Å². The predicted octanol–water partition coefficient (Wildman–Crippen LogP) is 2.25. The molecule has 0 aliphatic rings. The Morgan fingerprint density at radius 3 is 2.79 bits per heavy atom. The van der Waals surface area contributed by atoms with Gasteiger partial charge in [0.25, 0.3) is 11.6 Å². The SMILES string of the molecule is CCC(CCO)NC(=O)c1ccc(Br)cc1[N+](=O)[O-]. The van der Waals surface area contributed by atoms with Crippen molar-refractivity contribution in [2.24, 2.45) is 0 Å². The lowest BCUT2D eigenvalue weighted by molar-refractivity contribution is -0.385. The van der Waals surface area contributed by atoms with E-state index in [0.717, 1.165) is 0 Å². The Balaban J connectivity index is 2.96. The molecule has 19 heavy (non-hydrogen) atoms. The minimum atomic E-state index is -0.591. The van der Waals surface area contributed by atoms with Gasteiger partial charge in [-0.15, -0.1) is 0 Å². The summed E-state index contributed by atoms with van der Waals surface area (Å²) in [7, 11) is 0. The molecule has 1 rings (SSSR count). The van der Waals surface area contributed by atoms with Crippen LogP contribution in [0.1, 0.15) is 30.1 Å². The number of hydrogen-bond acceptors (Lipinski definition) is 4. The van der Waals surface area contributed by atoms with Crippen LogP contribution in [0.3, 0.4) is 0 Å². The molecule has 0 heterocycles. The first-order valence-corrected chi connectivity index (χ1v) is 6.64. The molecule has 104 valence electrons. The van der Waals surface area contributed by atoms with Gasteiger partial charge < -0.3 is 10.4 Å². The molecule has 0 aliphatic carbocycles. The number of carbonyl (C=O) groups excluding carboxylic acids is 1. The largest absolute Gasteiger partial charge is 0.396 e.